The number of benzene rings is 2. The van der Waals surface area contributed by atoms with Crippen molar-refractivity contribution in [3.05, 3.63) is 76.2 Å². The summed E-state index contributed by atoms with van der Waals surface area (Å²) in [7, 11) is 0. The molecule has 2 aromatic carbocycles. The average Bonchev–Trinajstić information content (AvgIpc) is 2.95. The van der Waals surface area contributed by atoms with Crippen LogP contribution in [0.5, 0.6) is 0 Å². The Morgan fingerprint density at radius 1 is 0.955 bits per heavy atom. The molecule has 0 aliphatic carbocycles. The lowest BCUT2D eigenvalue weighted by Gasteiger charge is -2.00. The number of rotatable bonds is 3. The second-order valence-electron chi connectivity index (χ2n) is 4.56. The van der Waals surface area contributed by atoms with E-state index in [0.29, 0.717) is 27.3 Å². The van der Waals surface area contributed by atoms with Crippen LogP contribution in [-0.4, -0.2) is 6.21 Å². The van der Waals surface area contributed by atoms with E-state index >= 15 is 0 Å². The van der Waals surface area contributed by atoms with E-state index in [-0.39, 0.29) is 5.82 Å². The van der Waals surface area contributed by atoms with Crippen molar-refractivity contribution in [1.82, 2.24) is 0 Å². The normalized spacial score (nSPS) is 11.2. The van der Waals surface area contributed by atoms with Gasteiger partial charge in [0.1, 0.15) is 17.3 Å². The molecule has 0 radical (unpaired) electrons. The molecule has 2 nitrogen and oxygen atoms in total. The molecule has 5 heteroatoms. The molecule has 3 rings (SSSR count). The molecule has 22 heavy (non-hydrogen) atoms. The number of aliphatic imine (C=N–C) groups is 1. The fraction of sp³-hybridized carbons (Fsp3) is 0. The van der Waals surface area contributed by atoms with E-state index in [1.807, 2.05) is 0 Å². The second-order valence-corrected chi connectivity index (χ2v) is 5.40. The van der Waals surface area contributed by atoms with Crippen molar-refractivity contribution in [3.8, 4) is 11.3 Å². The highest BCUT2D eigenvalue weighted by atomic mass is 35.5. The van der Waals surface area contributed by atoms with Crippen molar-refractivity contribution in [2.24, 2.45) is 4.99 Å². The van der Waals surface area contributed by atoms with Crippen LogP contribution in [0.15, 0.2) is 64.0 Å². The minimum atomic E-state index is -0.295. The summed E-state index contributed by atoms with van der Waals surface area (Å²) in [6.45, 7) is 0. The zero-order chi connectivity index (χ0) is 15.5. The van der Waals surface area contributed by atoms with Crippen LogP contribution >= 0.6 is 23.2 Å². The number of furan rings is 1. The molecule has 0 aliphatic heterocycles. The van der Waals surface area contributed by atoms with Crippen molar-refractivity contribution < 1.29 is 8.81 Å². The van der Waals surface area contributed by atoms with Crippen molar-refractivity contribution >= 4 is 35.1 Å². The van der Waals surface area contributed by atoms with Crippen molar-refractivity contribution in [1.29, 1.82) is 0 Å². The molecule has 0 fully saturated rings. The molecule has 0 aliphatic rings. The summed E-state index contributed by atoms with van der Waals surface area (Å²) in [5, 5.41) is 1.09. The SMILES string of the molecule is Fc1ccc(N=Cc2ccc(-c3ccc(Cl)cc3Cl)o2)cc1. The molecule has 1 heterocycles. The van der Waals surface area contributed by atoms with E-state index in [1.54, 1.807) is 48.7 Å². The van der Waals surface area contributed by atoms with E-state index in [4.69, 9.17) is 27.6 Å². The molecule has 0 amide bonds. The maximum Gasteiger partial charge on any atom is 0.145 e. The molecule has 0 saturated heterocycles. The highest BCUT2D eigenvalue weighted by molar-refractivity contribution is 6.36. The third-order valence-corrected chi connectivity index (χ3v) is 3.54. The van der Waals surface area contributed by atoms with Crippen molar-refractivity contribution in [2.45, 2.75) is 0 Å². The van der Waals surface area contributed by atoms with Gasteiger partial charge in [0.2, 0.25) is 0 Å². The smallest absolute Gasteiger partial charge is 0.145 e. The van der Waals surface area contributed by atoms with Crippen LogP contribution in [0, 0.1) is 5.82 Å². The van der Waals surface area contributed by atoms with Crippen LogP contribution in [0.3, 0.4) is 0 Å². The second kappa shape index (κ2) is 6.34. The Balaban J connectivity index is 1.83. The molecule has 0 atom stereocenters. The predicted molar refractivity (Wildman–Crippen MR) is 87.8 cm³/mol. The quantitative estimate of drug-likeness (QED) is 0.528. The van der Waals surface area contributed by atoms with Gasteiger partial charge in [0, 0.05) is 10.6 Å². The summed E-state index contributed by atoms with van der Waals surface area (Å²) in [6.07, 6.45) is 1.57. The number of hydrogen-bond donors (Lipinski definition) is 0. The van der Waals surface area contributed by atoms with Gasteiger partial charge in [-0.05, 0) is 54.6 Å². The largest absolute Gasteiger partial charge is 0.455 e. The first-order valence-electron chi connectivity index (χ1n) is 6.47. The Morgan fingerprint density at radius 3 is 2.45 bits per heavy atom. The van der Waals surface area contributed by atoms with Crippen LogP contribution in [0.2, 0.25) is 10.0 Å². The first kappa shape index (κ1) is 14.8. The molecule has 0 saturated carbocycles. The fourth-order valence-corrected chi connectivity index (χ4v) is 2.42. The first-order valence-corrected chi connectivity index (χ1v) is 7.22. The summed E-state index contributed by atoms with van der Waals surface area (Å²) < 4.78 is 18.5. The van der Waals surface area contributed by atoms with Gasteiger partial charge < -0.3 is 4.42 Å². The Labute approximate surface area is 136 Å². The molecular weight excluding hydrogens is 324 g/mol. The number of nitrogens with zero attached hydrogens (tertiary/aromatic N) is 1. The molecule has 0 N–H and O–H groups in total. The van der Waals surface area contributed by atoms with Crippen LogP contribution in [-0.2, 0) is 0 Å². The van der Waals surface area contributed by atoms with Gasteiger partial charge >= 0.3 is 0 Å². The van der Waals surface area contributed by atoms with E-state index in [0.717, 1.165) is 5.56 Å². The molecule has 0 bridgehead atoms. The van der Waals surface area contributed by atoms with Crippen LogP contribution in [0.1, 0.15) is 5.76 Å². The molecule has 1 aromatic heterocycles. The Hall–Kier alpha value is -2.10. The first-order chi connectivity index (χ1) is 10.6. The number of hydrogen-bond acceptors (Lipinski definition) is 2. The van der Waals surface area contributed by atoms with E-state index in [9.17, 15) is 4.39 Å². The minimum Gasteiger partial charge on any atom is -0.455 e. The summed E-state index contributed by atoms with van der Waals surface area (Å²) >= 11 is 12.0. The standard InChI is InChI=1S/C17H10Cl2FNO/c18-11-1-7-15(16(19)9-11)17-8-6-14(22-17)10-21-13-4-2-12(20)3-5-13/h1-10H. The predicted octanol–water partition coefficient (Wildman–Crippen LogP) is 6.14. The zero-order valence-corrected chi connectivity index (χ0v) is 12.8. The molecule has 0 unspecified atom stereocenters. The topological polar surface area (TPSA) is 25.5 Å². The van der Waals surface area contributed by atoms with Gasteiger partial charge in [-0.2, -0.15) is 0 Å². The lowest BCUT2D eigenvalue weighted by molar-refractivity contribution is 0.575. The molecule has 110 valence electrons. The van der Waals surface area contributed by atoms with Gasteiger partial charge in [0.15, 0.2) is 0 Å². The summed E-state index contributed by atoms with van der Waals surface area (Å²) in [6, 6.07) is 14.7. The Bertz CT molecular complexity index is 825. The minimum absolute atomic E-state index is 0.295. The lowest BCUT2D eigenvalue weighted by Crippen LogP contribution is -1.77. The maximum absolute atomic E-state index is 12.8. The number of halogens is 3. The molecule has 3 aromatic rings. The van der Waals surface area contributed by atoms with Gasteiger partial charge in [0.05, 0.1) is 16.9 Å². The summed E-state index contributed by atoms with van der Waals surface area (Å²) in [5.74, 6) is 0.907. The van der Waals surface area contributed by atoms with Gasteiger partial charge in [-0.1, -0.05) is 23.2 Å². The van der Waals surface area contributed by atoms with Gasteiger partial charge in [-0.15, -0.1) is 0 Å². The highest BCUT2D eigenvalue weighted by Gasteiger charge is 2.08. The maximum atomic E-state index is 12.8. The average molecular weight is 334 g/mol. The summed E-state index contributed by atoms with van der Waals surface area (Å²) in [5.41, 5.74) is 1.40. The van der Waals surface area contributed by atoms with Gasteiger partial charge in [0.25, 0.3) is 0 Å². The van der Waals surface area contributed by atoms with Crippen molar-refractivity contribution in [2.75, 3.05) is 0 Å². The van der Waals surface area contributed by atoms with Gasteiger partial charge in [-0.3, -0.25) is 4.99 Å². The van der Waals surface area contributed by atoms with E-state index < -0.39 is 0 Å². The lowest BCUT2D eigenvalue weighted by atomic mass is 10.2. The van der Waals surface area contributed by atoms with Crippen molar-refractivity contribution in [3.63, 3.8) is 0 Å². The Morgan fingerprint density at radius 2 is 1.73 bits per heavy atom. The third-order valence-electron chi connectivity index (χ3n) is 2.99. The van der Waals surface area contributed by atoms with Crippen LogP contribution < -0.4 is 0 Å². The molecule has 0 spiro atoms. The third kappa shape index (κ3) is 3.38. The fourth-order valence-electron chi connectivity index (χ4n) is 1.92. The highest BCUT2D eigenvalue weighted by Crippen LogP contribution is 2.31. The van der Waals surface area contributed by atoms with E-state index in [2.05, 4.69) is 4.99 Å². The van der Waals surface area contributed by atoms with Crippen LogP contribution in [0.4, 0.5) is 10.1 Å². The monoisotopic (exact) mass is 333 g/mol. The van der Waals surface area contributed by atoms with E-state index in [1.165, 1.54) is 12.1 Å². The van der Waals surface area contributed by atoms with Gasteiger partial charge in [-0.25, -0.2) is 4.39 Å². The molecular formula is C17H10Cl2FNO. The zero-order valence-electron chi connectivity index (χ0n) is 11.3. The Kier molecular flexibility index (Phi) is 4.27. The van der Waals surface area contributed by atoms with Crippen LogP contribution in [0.25, 0.3) is 11.3 Å². The summed E-state index contributed by atoms with van der Waals surface area (Å²) in [4.78, 5) is 4.22.